The van der Waals surface area contributed by atoms with E-state index in [1.807, 2.05) is 0 Å². The van der Waals surface area contributed by atoms with Gasteiger partial charge in [-0.1, -0.05) is 97.1 Å². The van der Waals surface area contributed by atoms with Gasteiger partial charge in [-0.15, -0.1) is 0 Å². The lowest BCUT2D eigenvalue weighted by Crippen LogP contribution is -2.18. The molecule has 0 fully saturated rings. The first kappa shape index (κ1) is 16.6. The molecule has 0 bridgehead atoms. The van der Waals surface area contributed by atoms with E-state index in [2.05, 4.69) is 109 Å². The molecule has 0 aliphatic rings. The average Bonchev–Trinajstić information content (AvgIpc) is 2.72. The first-order valence-corrected chi connectivity index (χ1v) is 9.17. The Labute approximate surface area is 155 Å². The lowest BCUT2D eigenvalue weighted by molar-refractivity contribution is 0.578. The van der Waals surface area contributed by atoms with E-state index >= 15 is 0 Å². The molecule has 4 rings (SSSR count). The van der Waals surface area contributed by atoms with E-state index in [1.54, 1.807) is 0 Å². The predicted molar refractivity (Wildman–Crippen MR) is 111 cm³/mol. The molecular weight excluding hydrogens is 314 g/mol. The zero-order chi connectivity index (χ0) is 17.8. The van der Waals surface area contributed by atoms with Crippen molar-refractivity contribution in [3.8, 4) is 11.1 Å². The van der Waals surface area contributed by atoms with Gasteiger partial charge in [-0.3, -0.25) is 0 Å². The van der Waals surface area contributed by atoms with Crippen molar-refractivity contribution in [2.45, 2.75) is 19.5 Å². The van der Waals surface area contributed by atoms with Gasteiger partial charge in [0, 0.05) is 12.6 Å². The maximum absolute atomic E-state index is 3.67. The zero-order valence-corrected chi connectivity index (χ0v) is 15.0. The van der Waals surface area contributed by atoms with Gasteiger partial charge in [0.25, 0.3) is 0 Å². The van der Waals surface area contributed by atoms with E-state index in [4.69, 9.17) is 0 Å². The smallest absolute Gasteiger partial charge is 0.0301 e. The van der Waals surface area contributed by atoms with Gasteiger partial charge < -0.3 is 5.32 Å². The second-order valence-corrected chi connectivity index (χ2v) is 6.73. The third-order valence-corrected chi connectivity index (χ3v) is 4.96. The second kappa shape index (κ2) is 7.55. The van der Waals surface area contributed by atoms with E-state index < -0.39 is 0 Å². The van der Waals surface area contributed by atoms with Crippen LogP contribution >= 0.6 is 0 Å². The summed E-state index contributed by atoms with van der Waals surface area (Å²) in [4.78, 5) is 0. The number of benzene rings is 4. The normalized spacial score (nSPS) is 12.2. The Balaban J connectivity index is 1.47. The van der Waals surface area contributed by atoms with Crippen molar-refractivity contribution in [1.82, 2.24) is 5.32 Å². The fourth-order valence-electron chi connectivity index (χ4n) is 3.45. The third-order valence-electron chi connectivity index (χ3n) is 4.96. The number of nitrogens with one attached hydrogen (secondary N) is 1. The number of fused-ring (bicyclic) bond motifs is 1. The third kappa shape index (κ3) is 3.54. The highest BCUT2D eigenvalue weighted by molar-refractivity contribution is 5.86. The molecule has 0 unspecified atom stereocenters. The summed E-state index contributed by atoms with van der Waals surface area (Å²) >= 11 is 0. The van der Waals surface area contributed by atoms with E-state index in [0.717, 1.165) is 6.54 Å². The molecule has 0 spiro atoms. The van der Waals surface area contributed by atoms with Crippen LogP contribution in [0.5, 0.6) is 0 Å². The number of hydrogen-bond donors (Lipinski definition) is 1. The van der Waals surface area contributed by atoms with Crippen molar-refractivity contribution in [2.75, 3.05) is 0 Å². The predicted octanol–water partition coefficient (Wildman–Crippen LogP) is 6.36. The molecular formula is C25H23N. The topological polar surface area (TPSA) is 12.0 Å². The summed E-state index contributed by atoms with van der Waals surface area (Å²) in [6, 6.07) is 34.8. The second-order valence-electron chi connectivity index (χ2n) is 6.73. The molecule has 26 heavy (non-hydrogen) atoms. The molecule has 128 valence electrons. The van der Waals surface area contributed by atoms with Gasteiger partial charge in [0.2, 0.25) is 0 Å². The minimum atomic E-state index is 0.301. The fraction of sp³-hybridized carbons (Fsp3) is 0.120. The standard InChI is InChI=1S/C25H23N/c1-19(24-13-7-11-23-10-5-6-12-25(23)24)26-18-20-14-16-22(17-15-20)21-8-3-2-4-9-21/h2-17,19,26H,18H2,1H3/t19-/m0/s1. The van der Waals surface area contributed by atoms with Gasteiger partial charge >= 0.3 is 0 Å². The molecule has 0 aromatic heterocycles. The summed E-state index contributed by atoms with van der Waals surface area (Å²) in [5, 5.41) is 6.29. The number of rotatable bonds is 5. The highest BCUT2D eigenvalue weighted by Crippen LogP contribution is 2.24. The van der Waals surface area contributed by atoms with E-state index in [0.29, 0.717) is 6.04 Å². The Kier molecular flexibility index (Phi) is 4.81. The van der Waals surface area contributed by atoms with Crippen molar-refractivity contribution in [1.29, 1.82) is 0 Å². The van der Waals surface area contributed by atoms with Gasteiger partial charge in [-0.25, -0.2) is 0 Å². The summed E-state index contributed by atoms with van der Waals surface area (Å²) in [6.45, 7) is 3.10. The van der Waals surface area contributed by atoms with Crippen molar-refractivity contribution in [2.24, 2.45) is 0 Å². The Bertz CT molecular complexity index is 982. The molecule has 0 radical (unpaired) electrons. The monoisotopic (exact) mass is 337 g/mol. The van der Waals surface area contributed by atoms with Crippen molar-refractivity contribution in [3.05, 3.63) is 108 Å². The molecule has 1 atom stereocenters. The van der Waals surface area contributed by atoms with Gasteiger partial charge in [0.15, 0.2) is 0 Å². The summed E-state index contributed by atoms with van der Waals surface area (Å²) in [7, 11) is 0. The van der Waals surface area contributed by atoms with Gasteiger partial charge in [0.05, 0.1) is 0 Å². The summed E-state index contributed by atoms with van der Waals surface area (Å²) in [5.74, 6) is 0. The number of hydrogen-bond acceptors (Lipinski definition) is 1. The molecule has 0 saturated carbocycles. The van der Waals surface area contributed by atoms with Gasteiger partial charge in [0.1, 0.15) is 0 Å². The van der Waals surface area contributed by atoms with Crippen LogP contribution < -0.4 is 5.32 Å². The Hall–Kier alpha value is -2.90. The molecule has 1 heteroatoms. The first-order valence-electron chi connectivity index (χ1n) is 9.17. The molecule has 1 N–H and O–H groups in total. The van der Waals surface area contributed by atoms with Crippen LogP contribution in [-0.2, 0) is 6.54 Å². The fourth-order valence-corrected chi connectivity index (χ4v) is 3.45. The minimum Gasteiger partial charge on any atom is -0.306 e. The van der Waals surface area contributed by atoms with Crippen molar-refractivity contribution < 1.29 is 0 Å². The van der Waals surface area contributed by atoms with E-state index in [-0.39, 0.29) is 0 Å². The lowest BCUT2D eigenvalue weighted by Gasteiger charge is -2.17. The van der Waals surface area contributed by atoms with Crippen LogP contribution in [-0.4, -0.2) is 0 Å². The Morgan fingerprint density at radius 2 is 1.31 bits per heavy atom. The zero-order valence-electron chi connectivity index (χ0n) is 15.0. The summed E-state index contributed by atoms with van der Waals surface area (Å²) in [6.07, 6.45) is 0. The van der Waals surface area contributed by atoms with E-state index in [9.17, 15) is 0 Å². The van der Waals surface area contributed by atoms with Gasteiger partial charge in [-0.2, -0.15) is 0 Å². The minimum absolute atomic E-state index is 0.301. The van der Waals surface area contributed by atoms with Crippen LogP contribution in [0.1, 0.15) is 24.1 Å². The van der Waals surface area contributed by atoms with Gasteiger partial charge in [-0.05, 0) is 39.9 Å². The summed E-state index contributed by atoms with van der Waals surface area (Å²) < 4.78 is 0. The maximum Gasteiger partial charge on any atom is 0.0301 e. The largest absolute Gasteiger partial charge is 0.306 e. The summed E-state index contributed by atoms with van der Waals surface area (Å²) in [5.41, 5.74) is 5.17. The molecule has 4 aromatic rings. The van der Waals surface area contributed by atoms with Crippen LogP contribution in [0, 0.1) is 0 Å². The molecule has 0 saturated heterocycles. The Morgan fingerprint density at radius 3 is 2.12 bits per heavy atom. The van der Waals surface area contributed by atoms with E-state index in [1.165, 1.54) is 33.0 Å². The van der Waals surface area contributed by atoms with Crippen LogP contribution in [0.2, 0.25) is 0 Å². The maximum atomic E-state index is 3.67. The van der Waals surface area contributed by atoms with Crippen LogP contribution in [0.15, 0.2) is 97.1 Å². The molecule has 0 aliphatic carbocycles. The van der Waals surface area contributed by atoms with Crippen molar-refractivity contribution in [3.63, 3.8) is 0 Å². The highest BCUT2D eigenvalue weighted by Gasteiger charge is 2.08. The average molecular weight is 337 g/mol. The molecule has 0 aliphatic heterocycles. The van der Waals surface area contributed by atoms with Crippen molar-refractivity contribution >= 4 is 10.8 Å². The lowest BCUT2D eigenvalue weighted by atomic mass is 9.99. The Morgan fingerprint density at radius 1 is 0.654 bits per heavy atom. The highest BCUT2D eigenvalue weighted by atomic mass is 14.9. The first-order chi connectivity index (χ1) is 12.8. The van der Waals surface area contributed by atoms with Crippen LogP contribution in [0.25, 0.3) is 21.9 Å². The molecule has 0 amide bonds. The quantitative estimate of drug-likeness (QED) is 0.447. The van der Waals surface area contributed by atoms with Crippen LogP contribution in [0.4, 0.5) is 0 Å². The molecule has 0 heterocycles. The SMILES string of the molecule is C[C@H](NCc1ccc(-c2ccccc2)cc1)c1cccc2ccccc12. The molecule has 1 nitrogen and oxygen atoms in total. The van der Waals surface area contributed by atoms with Crippen LogP contribution in [0.3, 0.4) is 0 Å². The molecule has 4 aromatic carbocycles.